The number of hydrogen-bond acceptors (Lipinski definition) is 2. The van der Waals surface area contributed by atoms with Crippen molar-refractivity contribution in [1.29, 1.82) is 0 Å². The van der Waals surface area contributed by atoms with E-state index in [2.05, 4.69) is 4.74 Å². The molecular formula is C5H4F2O2. The van der Waals surface area contributed by atoms with Crippen molar-refractivity contribution in [2.45, 2.75) is 0 Å². The molecule has 2 nitrogen and oxygen atoms in total. The number of rotatable bonds is 2. The van der Waals surface area contributed by atoms with Gasteiger partial charge in [0.2, 0.25) is 0 Å². The van der Waals surface area contributed by atoms with Crippen molar-refractivity contribution in [2.75, 3.05) is 13.3 Å². The number of hydrogen-bond donors (Lipinski definition) is 0. The fraction of sp³-hybridized carbons (Fsp3) is 0.400. The molecule has 9 heavy (non-hydrogen) atoms. The smallest absolute Gasteiger partial charge is 0.338 e. The van der Waals surface area contributed by atoms with Gasteiger partial charge < -0.3 is 4.74 Å². The molecule has 0 rings (SSSR count). The summed E-state index contributed by atoms with van der Waals surface area (Å²) in [6.45, 7) is -1.59. The molecule has 0 aromatic carbocycles. The predicted octanol–water partition coefficient (Wildman–Crippen LogP) is 0.429. The monoisotopic (exact) mass is 134 g/mol. The van der Waals surface area contributed by atoms with Gasteiger partial charge in [0.15, 0.2) is 13.3 Å². The molecular weight excluding hydrogens is 130 g/mol. The van der Waals surface area contributed by atoms with Crippen molar-refractivity contribution in [1.82, 2.24) is 0 Å². The lowest BCUT2D eigenvalue weighted by Gasteiger charge is -1.91. The number of carbonyl (C=O) groups excluding carboxylic acids is 1. The van der Waals surface area contributed by atoms with E-state index in [0.717, 1.165) is 6.17 Å². The van der Waals surface area contributed by atoms with Gasteiger partial charge in [0.1, 0.15) is 6.17 Å². The summed E-state index contributed by atoms with van der Waals surface area (Å²) in [6, 6.07) is 0. The summed E-state index contributed by atoms with van der Waals surface area (Å²) in [5.41, 5.74) is 0. The fourth-order valence-corrected chi connectivity index (χ4v) is 0.182. The van der Waals surface area contributed by atoms with E-state index in [1.165, 1.54) is 0 Å². The molecule has 0 atom stereocenters. The van der Waals surface area contributed by atoms with Crippen molar-refractivity contribution < 1.29 is 18.3 Å². The highest BCUT2D eigenvalue weighted by Gasteiger charge is 1.96. The lowest BCUT2D eigenvalue weighted by Crippen LogP contribution is -2.05. The topological polar surface area (TPSA) is 26.3 Å². The molecule has 0 amide bonds. The largest absolute Gasteiger partial charge is 0.450 e. The van der Waals surface area contributed by atoms with Gasteiger partial charge in [-0.3, -0.25) is 0 Å². The van der Waals surface area contributed by atoms with E-state index >= 15 is 0 Å². The summed E-state index contributed by atoms with van der Waals surface area (Å²) in [6.07, 6.45) is 0.997. The second-order valence-electron chi connectivity index (χ2n) is 1.07. The van der Waals surface area contributed by atoms with E-state index < -0.39 is 12.6 Å². The van der Waals surface area contributed by atoms with Crippen LogP contribution in [0.4, 0.5) is 8.78 Å². The Bertz CT molecular complexity index is 145. The number of esters is 1. The lowest BCUT2D eigenvalue weighted by atomic mass is 10.7. The Kier molecular flexibility index (Phi) is 4.41. The van der Waals surface area contributed by atoms with Gasteiger partial charge in [0.25, 0.3) is 0 Å². The predicted molar refractivity (Wildman–Crippen MR) is 25.8 cm³/mol. The third-order valence-corrected chi connectivity index (χ3v) is 0.481. The van der Waals surface area contributed by atoms with E-state index in [1.807, 2.05) is 0 Å². The van der Waals surface area contributed by atoms with E-state index in [0.29, 0.717) is 0 Å². The van der Waals surface area contributed by atoms with Gasteiger partial charge >= 0.3 is 5.97 Å². The second-order valence-corrected chi connectivity index (χ2v) is 1.07. The van der Waals surface area contributed by atoms with Gasteiger partial charge in [-0.2, -0.15) is 0 Å². The maximum Gasteiger partial charge on any atom is 0.338 e. The molecule has 0 heterocycles. The Morgan fingerprint density at radius 3 is 2.78 bits per heavy atom. The number of halogens is 2. The molecule has 0 fully saturated rings. The molecule has 0 aromatic heterocycles. The Labute approximate surface area is 50.8 Å². The van der Waals surface area contributed by atoms with Gasteiger partial charge in [0, 0.05) is 0 Å². The first-order valence-electron chi connectivity index (χ1n) is 2.11. The number of alkyl halides is 1. The van der Waals surface area contributed by atoms with Crippen LogP contribution in [-0.4, -0.2) is 19.3 Å². The maximum absolute atomic E-state index is 11.2. The molecule has 0 aliphatic carbocycles. The fourth-order valence-electron chi connectivity index (χ4n) is 0.182. The molecule has 0 bridgehead atoms. The molecule has 0 saturated carbocycles. The molecule has 50 valence electrons. The molecule has 0 unspecified atom stereocenters. The quantitative estimate of drug-likeness (QED) is 0.404. The third-order valence-electron chi connectivity index (χ3n) is 0.481. The van der Waals surface area contributed by atoms with E-state index in [4.69, 9.17) is 0 Å². The molecule has 0 spiro atoms. The van der Waals surface area contributed by atoms with Crippen LogP contribution in [0.15, 0.2) is 0 Å². The lowest BCUT2D eigenvalue weighted by molar-refractivity contribution is -0.143. The normalized spacial score (nSPS) is 7.33. The average Bonchev–Trinajstić information content (AvgIpc) is 1.89. The standard InChI is InChI=1S/C5H4F2O2/c6-2-1-3-9-5(8)4-7/h3-4H2. The van der Waals surface area contributed by atoms with Crippen molar-refractivity contribution in [3.8, 4) is 12.1 Å². The van der Waals surface area contributed by atoms with Gasteiger partial charge in [-0.15, -0.1) is 4.39 Å². The molecule has 4 heteroatoms. The summed E-state index contributed by atoms with van der Waals surface area (Å²) in [5.74, 6) is 0.757. The Balaban J connectivity index is 3.24. The number of ether oxygens (including phenoxy) is 1. The van der Waals surface area contributed by atoms with Crippen LogP contribution in [-0.2, 0) is 9.53 Å². The van der Waals surface area contributed by atoms with Crippen molar-refractivity contribution >= 4 is 5.97 Å². The van der Waals surface area contributed by atoms with Crippen LogP contribution < -0.4 is 0 Å². The highest BCUT2D eigenvalue weighted by Crippen LogP contribution is 1.77. The van der Waals surface area contributed by atoms with Gasteiger partial charge in [-0.1, -0.05) is 0 Å². The van der Waals surface area contributed by atoms with Crippen molar-refractivity contribution in [3.05, 3.63) is 0 Å². The summed E-state index contributed by atoms with van der Waals surface area (Å²) in [5, 5.41) is 0. The van der Waals surface area contributed by atoms with Gasteiger partial charge in [0.05, 0.1) is 0 Å². The van der Waals surface area contributed by atoms with Crippen LogP contribution in [0.5, 0.6) is 0 Å². The van der Waals surface area contributed by atoms with Crippen LogP contribution in [0, 0.1) is 12.1 Å². The van der Waals surface area contributed by atoms with Crippen LogP contribution in [0.1, 0.15) is 0 Å². The summed E-state index contributed by atoms with van der Waals surface area (Å²) < 4.78 is 26.1. The third kappa shape index (κ3) is 4.75. The SMILES string of the molecule is O=C(CF)OCC#CF. The highest BCUT2D eigenvalue weighted by molar-refractivity contribution is 5.70. The first-order valence-corrected chi connectivity index (χ1v) is 2.11. The molecule has 0 saturated heterocycles. The molecule has 0 aliphatic rings. The minimum absolute atomic E-state index is 0.390. The van der Waals surface area contributed by atoms with Crippen molar-refractivity contribution in [3.63, 3.8) is 0 Å². The van der Waals surface area contributed by atoms with Crippen molar-refractivity contribution in [2.24, 2.45) is 0 Å². The molecule has 0 aliphatic heterocycles. The first-order chi connectivity index (χ1) is 4.31. The maximum atomic E-state index is 11.2. The van der Waals surface area contributed by atoms with Crippen LogP contribution >= 0.6 is 0 Å². The minimum atomic E-state index is -1.20. The van der Waals surface area contributed by atoms with Gasteiger partial charge in [-0.05, 0) is 5.92 Å². The summed E-state index contributed by atoms with van der Waals surface area (Å²) in [7, 11) is 0. The van der Waals surface area contributed by atoms with E-state index in [9.17, 15) is 13.6 Å². The minimum Gasteiger partial charge on any atom is -0.450 e. The highest BCUT2D eigenvalue weighted by atomic mass is 19.1. The van der Waals surface area contributed by atoms with Crippen LogP contribution in [0.25, 0.3) is 0 Å². The summed E-state index contributed by atoms with van der Waals surface area (Å²) in [4.78, 5) is 9.90. The zero-order chi connectivity index (χ0) is 7.11. The zero-order valence-corrected chi connectivity index (χ0v) is 4.49. The average molecular weight is 134 g/mol. The Hall–Kier alpha value is -1.11. The van der Waals surface area contributed by atoms with Gasteiger partial charge in [-0.25, -0.2) is 9.18 Å². The van der Waals surface area contributed by atoms with E-state index in [-0.39, 0.29) is 6.61 Å². The van der Waals surface area contributed by atoms with Crippen LogP contribution in [0.2, 0.25) is 0 Å². The molecule has 0 aromatic rings. The molecule has 0 radical (unpaired) electrons. The van der Waals surface area contributed by atoms with E-state index in [1.54, 1.807) is 5.92 Å². The van der Waals surface area contributed by atoms with Crippen LogP contribution in [0.3, 0.4) is 0 Å². The number of carbonyl (C=O) groups is 1. The first kappa shape index (κ1) is 7.89. The Morgan fingerprint density at radius 1 is 1.67 bits per heavy atom. The zero-order valence-electron chi connectivity index (χ0n) is 4.49. The molecule has 0 N–H and O–H groups in total. The summed E-state index contributed by atoms with van der Waals surface area (Å²) >= 11 is 0. The second kappa shape index (κ2) is 5.04. The Morgan fingerprint density at radius 2 is 2.33 bits per heavy atom.